The molecule has 0 radical (unpaired) electrons. The highest BCUT2D eigenvalue weighted by Gasteiger charge is 2.36. The Morgan fingerprint density at radius 3 is 2.06 bits per heavy atom. The van der Waals surface area contributed by atoms with Crippen molar-refractivity contribution in [2.24, 2.45) is 5.73 Å². The summed E-state index contributed by atoms with van der Waals surface area (Å²) in [5.74, 6) is -0.0353. The van der Waals surface area contributed by atoms with Gasteiger partial charge in [-0.25, -0.2) is 0 Å². The van der Waals surface area contributed by atoms with Crippen LogP contribution in [0.1, 0.15) is 20.8 Å². The van der Waals surface area contributed by atoms with E-state index in [2.05, 4.69) is 0 Å². The van der Waals surface area contributed by atoms with Crippen molar-refractivity contribution >= 4 is 5.91 Å². The van der Waals surface area contributed by atoms with Crippen LogP contribution in [0.25, 0.3) is 0 Å². The van der Waals surface area contributed by atoms with E-state index in [9.17, 15) is 4.79 Å². The molecule has 1 fully saturated rings. The van der Waals surface area contributed by atoms with Crippen LogP contribution in [0.4, 0.5) is 0 Å². The Labute approximate surface area is 96.9 Å². The van der Waals surface area contributed by atoms with Crippen LogP contribution < -0.4 is 5.73 Å². The average molecular weight is 230 g/mol. The maximum Gasteiger partial charge on any atom is 0.239 e. The first-order valence-corrected chi connectivity index (χ1v) is 5.87. The van der Waals surface area contributed by atoms with Gasteiger partial charge in [-0.05, 0) is 20.8 Å². The quantitative estimate of drug-likeness (QED) is 0.721. The number of nitrogens with two attached hydrogens (primary N) is 1. The Hall–Kier alpha value is -0.650. The van der Waals surface area contributed by atoms with E-state index >= 15 is 0 Å². The third-order valence-electron chi connectivity index (χ3n) is 2.68. The molecule has 1 rings (SSSR count). The second-order valence-electron chi connectivity index (χ2n) is 4.02. The van der Waals surface area contributed by atoms with Crippen molar-refractivity contribution in [3.8, 4) is 0 Å². The third-order valence-corrected chi connectivity index (χ3v) is 2.68. The largest absolute Gasteiger partial charge is 0.374 e. The minimum atomic E-state index is -0.456. The van der Waals surface area contributed by atoms with Crippen molar-refractivity contribution in [2.45, 2.75) is 39.0 Å². The second kappa shape index (κ2) is 6.18. The molecule has 1 aliphatic rings. The summed E-state index contributed by atoms with van der Waals surface area (Å²) in [4.78, 5) is 13.5. The van der Waals surface area contributed by atoms with Crippen LogP contribution in [0.5, 0.6) is 0 Å². The molecule has 1 heterocycles. The van der Waals surface area contributed by atoms with E-state index in [4.69, 9.17) is 15.2 Å². The normalized spacial score (nSPS) is 27.1. The van der Waals surface area contributed by atoms with Gasteiger partial charge in [0.1, 0.15) is 12.2 Å². The zero-order chi connectivity index (χ0) is 12.1. The Morgan fingerprint density at radius 1 is 1.31 bits per heavy atom. The van der Waals surface area contributed by atoms with Crippen molar-refractivity contribution in [1.82, 2.24) is 4.90 Å². The first-order valence-electron chi connectivity index (χ1n) is 5.87. The average Bonchev–Trinajstić information content (AvgIpc) is 2.62. The van der Waals surface area contributed by atoms with Gasteiger partial charge in [-0.2, -0.15) is 0 Å². The Bertz CT molecular complexity index is 219. The Balaban J connectivity index is 2.57. The SMILES string of the molecule is CCO[C@H]1CN(C(=O)[C@@H](C)N)C[C@H]1OCC. The smallest absolute Gasteiger partial charge is 0.239 e. The summed E-state index contributed by atoms with van der Waals surface area (Å²) in [5.41, 5.74) is 5.58. The predicted molar refractivity (Wildman–Crippen MR) is 61.1 cm³/mol. The fraction of sp³-hybridized carbons (Fsp3) is 0.909. The maximum absolute atomic E-state index is 11.7. The van der Waals surface area contributed by atoms with E-state index in [0.29, 0.717) is 26.3 Å². The summed E-state index contributed by atoms with van der Waals surface area (Å²) in [6.07, 6.45) is -0.0414. The molecule has 94 valence electrons. The van der Waals surface area contributed by atoms with Crippen molar-refractivity contribution in [2.75, 3.05) is 26.3 Å². The number of amides is 1. The molecule has 1 aliphatic heterocycles. The van der Waals surface area contributed by atoms with Gasteiger partial charge < -0.3 is 20.1 Å². The lowest BCUT2D eigenvalue weighted by molar-refractivity contribution is -0.131. The number of hydrogen-bond donors (Lipinski definition) is 1. The Morgan fingerprint density at radius 2 is 1.75 bits per heavy atom. The molecule has 1 amide bonds. The fourth-order valence-corrected chi connectivity index (χ4v) is 1.96. The van der Waals surface area contributed by atoms with Gasteiger partial charge in [0.05, 0.1) is 6.04 Å². The molecule has 0 aromatic rings. The van der Waals surface area contributed by atoms with Gasteiger partial charge in [0.2, 0.25) is 5.91 Å². The van der Waals surface area contributed by atoms with Crippen LogP contribution >= 0.6 is 0 Å². The van der Waals surface area contributed by atoms with Crippen molar-refractivity contribution in [3.05, 3.63) is 0 Å². The van der Waals surface area contributed by atoms with Gasteiger partial charge in [0.15, 0.2) is 0 Å². The van der Waals surface area contributed by atoms with E-state index in [-0.39, 0.29) is 18.1 Å². The molecule has 0 saturated carbocycles. The second-order valence-corrected chi connectivity index (χ2v) is 4.02. The van der Waals surface area contributed by atoms with Crippen LogP contribution in [0, 0.1) is 0 Å². The first-order chi connectivity index (χ1) is 7.60. The summed E-state index contributed by atoms with van der Waals surface area (Å²) in [6, 6.07) is -0.456. The summed E-state index contributed by atoms with van der Waals surface area (Å²) < 4.78 is 11.1. The number of carbonyl (C=O) groups is 1. The summed E-state index contributed by atoms with van der Waals surface area (Å²) in [6.45, 7) is 8.02. The lowest BCUT2D eigenvalue weighted by Gasteiger charge is -2.17. The first kappa shape index (κ1) is 13.4. The van der Waals surface area contributed by atoms with Crippen molar-refractivity contribution < 1.29 is 14.3 Å². The summed E-state index contributed by atoms with van der Waals surface area (Å²) in [7, 11) is 0. The number of carbonyl (C=O) groups excluding carboxylic acids is 1. The lowest BCUT2D eigenvalue weighted by atomic mass is 10.2. The highest BCUT2D eigenvalue weighted by molar-refractivity contribution is 5.81. The van der Waals surface area contributed by atoms with Crippen LogP contribution in [-0.4, -0.2) is 55.4 Å². The topological polar surface area (TPSA) is 64.8 Å². The van der Waals surface area contributed by atoms with Crippen LogP contribution in [0.3, 0.4) is 0 Å². The Kier molecular flexibility index (Phi) is 5.18. The van der Waals surface area contributed by atoms with Gasteiger partial charge in [0.25, 0.3) is 0 Å². The van der Waals surface area contributed by atoms with E-state index in [1.807, 2.05) is 13.8 Å². The monoisotopic (exact) mass is 230 g/mol. The zero-order valence-electron chi connectivity index (χ0n) is 10.3. The zero-order valence-corrected chi connectivity index (χ0v) is 10.3. The van der Waals surface area contributed by atoms with Crippen LogP contribution in [0.2, 0.25) is 0 Å². The number of ether oxygens (including phenoxy) is 2. The van der Waals surface area contributed by atoms with E-state index in [1.54, 1.807) is 11.8 Å². The molecule has 2 N–H and O–H groups in total. The van der Waals surface area contributed by atoms with E-state index in [1.165, 1.54) is 0 Å². The number of hydrogen-bond acceptors (Lipinski definition) is 4. The molecule has 0 aromatic heterocycles. The molecule has 0 aromatic carbocycles. The summed E-state index contributed by atoms with van der Waals surface area (Å²) in [5, 5.41) is 0. The minimum absolute atomic E-state index is 0.0207. The minimum Gasteiger partial charge on any atom is -0.374 e. The van der Waals surface area contributed by atoms with Crippen molar-refractivity contribution in [3.63, 3.8) is 0 Å². The highest BCUT2D eigenvalue weighted by Crippen LogP contribution is 2.17. The standard InChI is InChI=1S/C11H22N2O3/c1-4-15-9-6-13(11(14)8(3)12)7-10(9)16-5-2/h8-10H,4-7,12H2,1-3H3/t8-,9-,10+/m1/s1. The molecule has 5 nitrogen and oxygen atoms in total. The molecule has 1 saturated heterocycles. The predicted octanol–water partition coefficient (Wildman–Crippen LogP) is -0.0140. The van der Waals surface area contributed by atoms with E-state index < -0.39 is 6.04 Å². The van der Waals surface area contributed by atoms with Crippen LogP contribution in [-0.2, 0) is 14.3 Å². The number of nitrogens with zero attached hydrogens (tertiary/aromatic N) is 1. The molecule has 3 atom stereocenters. The molecule has 0 aliphatic carbocycles. The maximum atomic E-state index is 11.7. The van der Waals surface area contributed by atoms with E-state index in [0.717, 1.165) is 0 Å². The van der Waals surface area contributed by atoms with Gasteiger partial charge in [-0.1, -0.05) is 0 Å². The fourth-order valence-electron chi connectivity index (χ4n) is 1.96. The molecule has 0 unspecified atom stereocenters. The van der Waals surface area contributed by atoms with Gasteiger partial charge >= 0.3 is 0 Å². The van der Waals surface area contributed by atoms with Crippen LogP contribution in [0.15, 0.2) is 0 Å². The third kappa shape index (κ3) is 3.17. The molecule has 5 heteroatoms. The molecular weight excluding hydrogens is 208 g/mol. The van der Waals surface area contributed by atoms with Gasteiger partial charge in [-0.15, -0.1) is 0 Å². The number of rotatable bonds is 5. The summed E-state index contributed by atoms with van der Waals surface area (Å²) >= 11 is 0. The highest BCUT2D eigenvalue weighted by atomic mass is 16.5. The molecular formula is C11H22N2O3. The molecule has 0 bridgehead atoms. The van der Waals surface area contributed by atoms with Crippen molar-refractivity contribution in [1.29, 1.82) is 0 Å². The lowest BCUT2D eigenvalue weighted by Crippen LogP contribution is -2.41. The van der Waals surface area contributed by atoms with Gasteiger partial charge in [0, 0.05) is 26.3 Å². The number of likely N-dealkylation sites (tertiary alicyclic amines) is 1. The molecule has 0 spiro atoms. The molecule has 16 heavy (non-hydrogen) atoms. The van der Waals surface area contributed by atoms with Gasteiger partial charge in [-0.3, -0.25) is 4.79 Å².